The van der Waals surface area contributed by atoms with E-state index in [4.69, 9.17) is 4.42 Å². The summed E-state index contributed by atoms with van der Waals surface area (Å²) in [5.41, 5.74) is 3.24. The van der Waals surface area contributed by atoms with Crippen LogP contribution in [0, 0.1) is 13.8 Å². The largest absolute Gasteiger partial charge is 0.478 e. The van der Waals surface area contributed by atoms with Crippen molar-refractivity contribution < 1.29 is 22.7 Å². The van der Waals surface area contributed by atoms with Crippen molar-refractivity contribution in [3.05, 3.63) is 70.6 Å². The average molecular weight is 457 g/mol. The Hall–Kier alpha value is -2.97. The van der Waals surface area contributed by atoms with Gasteiger partial charge in [-0.05, 0) is 54.7 Å². The Morgan fingerprint density at radius 2 is 1.75 bits per heavy atom. The molecule has 0 fully saturated rings. The molecule has 3 aromatic rings. The van der Waals surface area contributed by atoms with Gasteiger partial charge in [0.25, 0.3) is 0 Å². The minimum atomic E-state index is -3.85. The van der Waals surface area contributed by atoms with Gasteiger partial charge in [0.1, 0.15) is 5.76 Å². The molecular weight excluding hydrogens is 428 g/mol. The molecule has 0 unspecified atom stereocenters. The van der Waals surface area contributed by atoms with Gasteiger partial charge in [0.2, 0.25) is 15.9 Å². The quantitative estimate of drug-likeness (QED) is 0.543. The molecule has 32 heavy (non-hydrogen) atoms. The molecule has 0 aliphatic carbocycles. The molecule has 170 valence electrons. The van der Waals surface area contributed by atoms with Crippen LogP contribution in [-0.2, 0) is 21.9 Å². The standard InChI is InChI=1S/C24H28N2O5S/c1-15-6-11-19(14-20(15)23(27)28)32(29,30)25-13-12-21-16(2)31-22(26-21)17-7-9-18(10-8-17)24(3,4)5/h6-11,14,25H,12-13H2,1-5H3,(H,27,28). The van der Waals surface area contributed by atoms with E-state index in [9.17, 15) is 18.3 Å². The van der Waals surface area contributed by atoms with E-state index < -0.39 is 16.0 Å². The lowest BCUT2D eigenvalue weighted by Gasteiger charge is -2.18. The van der Waals surface area contributed by atoms with Crippen molar-refractivity contribution in [1.82, 2.24) is 9.71 Å². The monoisotopic (exact) mass is 456 g/mol. The van der Waals surface area contributed by atoms with Crippen LogP contribution in [0.25, 0.3) is 11.5 Å². The SMILES string of the molecule is Cc1ccc(S(=O)(=O)NCCc2nc(-c3ccc(C(C)(C)C)cc3)oc2C)cc1C(=O)O. The molecule has 7 nitrogen and oxygen atoms in total. The van der Waals surface area contributed by atoms with Crippen molar-refractivity contribution in [2.24, 2.45) is 0 Å². The Bertz CT molecular complexity index is 1240. The summed E-state index contributed by atoms with van der Waals surface area (Å²) in [5.74, 6) is -0.0473. The predicted molar refractivity (Wildman–Crippen MR) is 122 cm³/mol. The van der Waals surface area contributed by atoms with E-state index >= 15 is 0 Å². The van der Waals surface area contributed by atoms with Crippen LogP contribution in [0.3, 0.4) is 0 Å². The first-order valence-corrected chi connectivity index (χ1v) is 11.8. The minimum absolute atomic E-state index is 0.0395. The molecule has 3 rings (SSSR count). The normalized spacial score (nSPS) is 12.2. The number of sulfonamides is 1. The van der Waals surface area contributed by atoms with E-state index in [-0.39, 0.29) is 22.4 Å². The van der Waals surface area contributed by atoms with E-state index in [1.807, 2.05) is 12.1 Å². The highest BCUT2D eigenvalue weighted by molar-refractivity contribution is 7.89. The zero-order chi connectivity index (χ0) is 23.7. The van der Waals surface area contributed by atoms with Gasteiger partial charge in [0.15, 0.2) is 0 Å². The first kappa shape index (κ1) is 23.7. The fraction of sp³-hybridized carbons (Fsp3) is 0.333. The zero-order valence-electron chi connectivity index (χ0n) is 18.9. The maximum Gasteiger partial charge on any atom is 0.335 e. The van der Waals surface area contributed by atoms with E-state index in [2.05, 4.69) is 42.6 Å². The number of hydrogen-bond acceptors (Lipinski definition) is 5. The highest BCUT2D eigenvalue weighted by Crippen LogP contribution is 2.27. The second-order valence-corrected chi connectivity index (χ2v) is 10.5. The maximum atomic E-state index is 12.6. The van der Waals surface area contributed by atoms with Crippen LogP contribution in [-0.4, -0.2) is 31.0 Å². The first-order chi connectivity index (χ1) is 14.9. The smallest absolute Gasteiger partial charge is 0.335 e. The first-order valence-electron chi connectivity index (χ1n) is 10.3. The summed E-state index contributed by atoms with van der Waals surface area (Å²) >= 11 is 0. The number of aryl methyl sites for hydroxylation is 2. The van der Waals surface area contributed by atoms with E-state index in [0.29, 0.717) is 29.3 Å². The Morgan fingerprint density at radius 3 is 2.34 bits per heavy atom. The van der Waals surface area contributed by atoms with E-state index in [1.165, 1.54) is 23.8 Å². The molecule has 0 saturated heterocycles. The number of carbonyl (C=O) groups is 1. The number of rotatable bonds is 7. The second kappa shape index (κ2) is 8.88. The van der Waals surface area contributed by atoms with Crippen molar-refractivity contribution >= 4 is 16.0 Å². The highest BCUT2D eigenvalue weighted by atomic mass is 32.2. The third-order valence-corrected chi connectivity index (χ3v) is 6.75. The maximum absolute atomic E-state index is 12.6. The number of aromatic nitrogens is 1. The lowest BCUT2D eigenvalue weighted by Crippen LogP contribution is -2.26. The van der Waals surface area contributed by atoms with E-state index in [1.54, 1.807) is 13.8 Å². The van der Waals surface area contributed by atoms with E-state index in [0.717, 1.165) is 5.56 Å². The van der Waals surface area contributed by atoms with Gasteiger partial charge in [0.05, 0.1) is 16.2 Å². The van der Waals surface area contributed by atoms with Crippen molar-refractivity contribution in [2.75, 3.05) is 6.54 Å². The molecule has 0 aliphatic heterocycles. The number of hydrogen-bond donors (Lipinski definition) is 2. The molecule has 8 heteroatoms. The molecule has 0 aliphatic rings. The van der Waals surface area contributed by atoms with Crippen molar-refractivity contribution in [3.8, 4) is 11.5 Å². The lowest BCUT2D eigenvalue weighted by atomic mass is 9.87. The van der Waals surface area contributed by atoms with Crippen molar-refractivity contribution in [1.29, 1.82) is 0 Å². The summed E-state index contributed by atoms with van der Waals surface area (Å²) in [5, 5.41) is 9.23. The van der Waals surface area contributed by atoms with Gasteiger partial charge in [-0.1, -0.05) is 39.0 Å². The van der Waals surface area contributed by atoms with Gasteiger partial charge in [-0.2, -0.15) is 0 Å². The van der Waals surface area contributed by atoms with Crippen molar-refractivity contribution in [2.45, 2.75) is 51.3 Å². The lowest BCUT2D eigenvalue weighted by molar-refractivity contribution is 0.0696. The van der Waals surface area contributed by atoms with Gasteiger partial charge in [-0.3, -0.25) is 0 Å². The number of benzene rings is 2. The number of nitrogens with one attached hydrogen (secondary N) is 1. The number of aromatic carboxylic acids is 1. The topological polar surface area (TPSA) is 110 Å². The number of carboxylic acids is 1. The van der Waals surface area contributed by atoms with Crippen LogP contribution in [0.4, 0.5) is 0 Å². The van der Waals surface area contributed by atoms with Crippen LogP contribution < -0.4 is 4.72 Å². The fourth-order valence-electron chi connectivity index (χ4n) is 3.28. The summed E-state index contributed by atoms with van der Waals surface area (Å²) in [6.07, 6.45) is 0.340. The van der Waals surface area contributed by atoms with Gasteiger partial charge in [-0.15, -0.1) is 0 Å². The predicted octanol–water partition coefficient (Wildman–Crippen LogP) is 4.48. The molecular formula is C24H28N2O5S. The van der Waals surface area contributed by atoms with Crippen molar-refractivity contribution in [3.63, 3.8) is 0 Å². The molecule has 0 bridgehead atoms. The molecule has 2 aromatic carbocycles. The average Bonchev–Trinajstić information content (AvgIpc) is 3.08. The third kappa shape index (κ3) is 5.26. The van der Waals surface area contributed by atoms with Crippen LogP contribution in [0.15, 0.2) is 51.8 Å². The Morgan fingerprint density at radius 1 is 1.09 bits per heavy atom. The third-order valence-electron chi connectivity index (χ3n) is 5.29. The van der Waals surface area contributed by atoms with Crippen LogP contribution in [0.1, 0.15) is 53.7 Å². The summed E-state index contributed by atoms with van der Waals surface area (Å²) in [6, 6.07) is 12.1. The Kier molecular flexibility index (Phi) is 6.57. The summed E-state index contributed by atoms with van der Waals surface area (Å²) in [6.45, 7) is 9.97. The zero-order valence-corrected chi connectivity index (χ0v) is 19.7. The molecule has 2 N–H and O–H groups in total. The van der Waals surface area contributed by atoms with Gasteiger partial charge in [0, 0.05) is 18.5 Å². The fourth-order valence-corrected chi connectivity index (χ4v) is 4.34. The number of carboxylic acid groups (broad SMARTS) is 1. The molecule has 0 saturated carbocycles. The summed E-state index contributed by atoms with van der Waals surface area (Å²) in [7, 11) is -3.85. The summed E-state index contributed by atoms with van der Waals surface area (Å²) < 4.78 is 33.5. The highest BCUT2D eigenvalue weighted by Gasteiger charge is 2.19. The number of oxazole rings is 1. The molecule has 0 spiro atoms. The number of nitrogens with zero attached hydrogens (tertiary/aromatic N) is 1. The second-order valence-electron chi connectivity index (χ2n) is 8.78. The summed E-state index contributed by atoms with van der Waals surface area (Å²) in [4.78, 5) is 15.7. The van der Waals surface area contributed by atoms with Crippen LogP contribution in [0.5, 0.6) is 0 Å². The minimum Gasteiger partial charge on any atom is -0.478 e. The Balaban J connectivity index is 1.70. The molecule has 0 atom stereocenters. The van der Waals surface area contributed by atoms with Crippen LogP contribution >= 0.6 is 0 Å². The molecule has 0 amide bonds. The van der Waals surface area contributed by atoms with Gasteiger partial charge >= 0.3 is 5.97 Å². The van der Waals surface area contributed by atoms with Gasteiger partial charge in [-0.25, -0.2) is 22.9 Å². The molecule has 1 aromatic heterocycles. The van der Waals surface area contributed by atoms with Gasteiger partial charge < -0.3 is 9.52 Å². The molecule has 0 radical (unpaired) electrons. The van der Waals surface area contributed by atoms with Crippen LogP contribution in [0.2, 0.25) is 0 Å². The Labute approximate surface area is 188 Å². The molecule has 1 heterocycles.